The summed E-state index contributed by atoms with van der Waals surface area (Å²) in [4.78, 5) is 4.22. The highest BCUT2D eigenvalue weighted by molar-refractivity contribution is 8.00. The van der Waals surface area contributed by atoms with E-state index in [0.29, 0.717) is 0 Å². The van der Waals surface area contributed by atoms with Gasteiger partial charge in [-0.15, -0.1) is 11.3 Å². The van der Waals surface area contributed by atoms with Crippen LogP contribution in [0.1, 0.15) is 20.3 Å². The van der Waals surface area contributed by atoms with Crippen molar-refractivity contribution in [3.63, 3.8) is 0 Å². The van der Waals surface area contributed by atoms with E-state index in [-0.39, 0.29) is 0 Å². The molecule has 1 heterocycles. The van der Waals surface area contributed by atoms with Gasteiger partial charge < -0.3 is 5.32 Å². The molecule has 80 valence electrons. The number of thioether (sulfide) groups is 1. The third-order valence-electron chi connectivity index (χ3n) is 1.69. The van der Waals surface area contributed by atoms with Crippen molar-refractivity contribution in [2.75, 3.05) is 18.8 Å². The van der Waals surface area contributed by atoms with Crippen LogP contribution in [0.3, 0.4) is 0 Å². The van der Waals surface area contributed by atoms with E-state index >= 15 is 0 Å². The monoisotopic (exact) mass is 230 g/mol. The van der Waals surface area contributed by atoms with Crippen LogP contribution in [0.15, 0.2) is 15.9 Å². The highest BCUT2D eigenvalue weighted by Crippen LogP contribution is 2.20. The predicted octanol–water partition coefficient (Wildman–Crippen LogP) is 2.87. The van der Waals surface area contributed by atoms with Crippen molar-refractivity contribution in [3.8, 4) is 0 Å². The average molecular weight is 230 g/mol. The Hall–Kier alpha value is -0.0600. The molecule has 0 saturated heterocycles. The first-order chi connectivity index (χ1) is 6.79. The molecule has 0 aliphatic heterocycles. The van der Waals surface area contributed by atoms with Crippen LogP contribution in [-0.2, 0) is 0 Å². The van der Waals surface area contributed by atoms with E-state index in [1.54, 1.807) is 11.3 Å². The van der Waals surface area contributed by atoms with E-state index in [1.165, 1.54) is 16.5 Å². The Labute approximate surface area is 94.5 Å². The standard InChI is InChI=1S/C10H18N2S2/c1-9(2)8-11-4-3-6-13-10-12-5-7-14-10/h5,7,9,11H,3-4,6,8H2,1-2H3. The molecule has 0 amide bonds. The molecule has 2 nitrogen and oxygen atoms in total. The highest BCUT2D eigenvalue weighted by Gasteiger charge is 1.96. The topological polar surface area (TPSA) is 24.9 Å². The van der Waals surface area contributed by atoms with Crippen molar-refractivity contribution in [1.82, 2.24) is 10.3 Å². The Morgan fingerprint density at radius 2 is 2.43 bits per heavy atom. The lowest BCUT2D eigenvalue weighted by Crippen LogP contribution is -2.20. The number of thiazole rings is 1. The summed E-state index contributed by atoms with van der Waals surface area (Å²) in [5.41, 5.74) is 0. The summed E-state index contributed by atoms with van der Waals surface area (Å²) in [6.07, 6.45) is 3.08. The lowest BCUT2D eigenvalue weighted by molar-refractivity contribution is 0.552. The second-order valence-electron chi connectivity index (χ2n) is 3.60. The van der Waals surface area contributed by atoms with Gasteiger partial charge in [-0.3, -0.25) is 0 Å². The van der Waals surface area contributed by atoms with E-state index < -0.39 is 0 Å². The summed E-state index contributed by atoms with van der Waals surface area (Å²) < 4.78 is 1.19. The van der Waals surface area contributed by atoms with E-state index in [9.17, 15) is 0 Å². The molecule has 0 spiro atoms. The van der Waals surface area contributed by atoms with Crippen LogP contribution < -0.4 is 5.32 Å². The van der Waals surface area contributed by atoms with E-state index in [0.717, 1.165) is 19.0 Å². The Morgan fingerprint density at radius 3 is 3.07 bits per heavy atom. The zero-order valence-corrected chi connectivity index (χ0v) is 10.5. The van der Waals surface area contributed by atoms with Crippen LogP contribution >= 0.6 is 23.1 Å². The van der Waals surface area contributed by atoms with E-state index in [4.69, 9.17) is 0 Å². The second kappa shape index (κ2) is 7.26. The first kappa shape index (κ1) is 12.0. The van der Waals surface area contributed by atoms with Gasteiger partial charge in [-0.2, -0.15) is 0 Å². The van der Waals surface area contributed by atoms with Gasteiger partial charge in [0.25, 0.3) is 0 Å². The molecule has 4 heteroatoms. The molecular formula is C10H18N2S2. The SMILES string of the molecule is CC(C)CNCCCSc1nccs1. The summed E-state index contributed by atoms with van der Waals surface area (Å²) >= 11 is 3.58. The lowest BCUT2D eigenvalue weighted by Gasteiger charge is -2.06. The number of rotatable bonds is 7. The second-order valence-corrected chi connectivity index (χ2v) is 5.83. The van der Waals surface area contributed by atoms with Gasteiger partial charge in [-0.1, -0.05) is 25.6 Å². The van der Waals surface area contributed by atoms with Crippen LogP contribution in [-0.4, -0.2) is 23.8 Å². The Morgan fingerprint density at radius 1 is 1.57 bits per heavy atom. The zero-order valence-electron chi connectivity index (χ0n) is 8.82. The number of hydrogen-bond donors (Lipinski definition) is 1. The number of nitrogens with zero attached hydrogens (tertiary/aromatic N) is 1. The molecule has 0 fully saturated rings. The first-order valence-corrected chi connectivity index (χ1v) is 6.88. The molecule has 1 N–H and O–H groups in total. The third-order valence-corrected chi connectivity index (χ3v) is 3.74. The smallest absolute Gasteiger partial charge is 0.149 e. The Bertz CT molecular complexity index is 222. The van der Waals surface area contributed by atoms with Crippen molar-refractivity contribution in [3.05, 3.63) is 11.6 Å². The van der Waals surface area contributed by atoms with Gasteiger partial charge in [0.1, 0.15) is 4.34 Å². The molecule has 0 aliphatic rings. The molecule has 1 aromatic rings. The maximum Gasteiger partial charge on any atom is 0.149 e. The predicted molar refractivity (Wildman–Crippen MR) is 65.2 cm³/mol. The van der Waals surface area contributed by atoms with Gasteiger partial charge in [0.2, 0.25) is 0 Å². The van der Waals surface area contributed by atoms with Crippen LogP contribution in [0.25, 0.3) is 0 Å². The summed E-state index contributed by atoms with van der Waals surface area (Å²) in [5.74, 6) is 1.92. The Kier molecular flexibility index (Phi) is 6.23. The average Bonchev–Trinajstić information content (AvgIpc) is 2.63. The minimum absolute atomic E-state index is 0.751. The molecule has 0 radical (unpaired) electrons. The number of hydrogen-bond acceptors (Lipinski definition) is 4. The van der Waals surface area contributed by atoms with Gasteiger partial charge in [0.15, 0.2) is 0 Å². The minimum atomic E-state index is 0.751. The van der Waals surface area contributed by atoms with Crippen molar-refractivity contribution in [2.24, 2.45) is 5.92 Å². The summed E-state index contributed by atoms with van der Waals surface area (Å²) in [6.45, 7) is 6.72. The van der Waals surface area contributed by atoms with E-state index in [1.807, 2.05) is 23.3 Å². The molecule has 0 saturated carbocycles. The van der Waals surface area contributed by atoms with Crippen molar-refractivity contribution in [2.45, 2.75) is 24.6 Å². The molecule has 0 aliphatic carbocycles. The molecule has 0 bridgehead atoms. The molecule has 1 rings (SSSR count). The molecule has 0 unspecified atom stereocenters. The highest BCUT2D eigenvalue weighted by atomic mass is 32.2. The molecule has 1 aromatic heterocycles. The summed E-state index contributed by atoms with van der Waals surface area (Å²) in [5, 5.41) is 5.46. The lowest BCUT2D eigenvalue weighted by atomic mass is 10.2. The van der Waals surface area contributed by atoms with Gasteiger partial charge in [-0.05, 0) is 25.4 Å². The fourth-order valence-electron chi connectivity index (χ4n) is 1.03. The quantitative estimate of drug-likeness (QED) is 0.576. The fraction of sp³-hybridized carbons (Fsp3) is 0.700. The van der Waals surface area contributed by atoms with Crippen LogP contribution in [0.4, 0.5) is 0 Å². The normalized spacial score (nSPS) is 11.1. The largest absolute Gasteiger partial charge is 0.316 e. The van der Waals surface area contributed by atoms with Crippen molar-refractivity contribution < 1.29 is 0 Å². The molecule has 14 heavy (non-hydrogen) atoms. The molecule has 0 aromatic carbocycles. The fourth-order valence-corrected chi connectivity index (χ4v) is 2.68. The Balaban J connectivity index is 1.90. The summed E-state index contributed by atoms with van der Waals surface area (Å²) in [6, 6.07) is 0. The molecule has 0 atom stereocenters. The number of nitrogens with one attached hydrogen (secondary N) is 1. The van der Waals surface area contributed by atoms with E-state index in [2.05, 4.69) is 24.1 Å². The molecular weight excluding hydrogens is 212 g/mol. The van der Waals surface area contributed by atoms with Gasteiger partial charge in [0.05, 0.1) is 0 Å². The first-order valence-electron chi connectivity index (χ1n) is 5.02. The van der Waals surface area contributed by atoms with Crippen molar-refractivity contribution >= 4 is 23.1 Å². The maximum atomic E-state index is 4.22. The van der Waals surface area contributed by atoms with Crippen LogP contribution in [0, 0.1) is 5.92 Å². The van der Waals surface area contributed by atoms with Gasteiger partial charge >= 0.3 is 0 Å². The van der Waals surface area contributed by atoms with Gasteiger partial charge in [-0.25, -0.2) is 4.98 Å². The van der Waals surface area contributed by atoms with Crippen molar-refractivity contribution in [1.29, 1.82) is 0 Å². The number of aromatic nitrogens is 1. The maximum absolute atomic E-state index is 4.22. The van der Waals surface area contributed by atoms with Crippen LogP contribution in [0.5, 0.6) is 0 Å². The summed E-state index contributed by atoms with van der Waals surface area (Å²) in [7, 11) is 0. The van der Waals surface area contributed by atoms with Crippen LogP contribution in [0.2, 0.25) is 0 Å². The van der Waals surface area contributed by atoms with Gasteiger partial charge in [0, 0.05) is 17.3 Å². The zero-order chi connectivity index (χ0) is 10.2. The third kappa shape index (κ3) is 5.62. The minimum Gasteiger partial charge on any atom is -0.316 e.